The first-order valence-electron chi connectivity index (χ1n) is 11.1. The van der Waals surface area contributed by atoms with Gasteiger partial charge in [0.2, 0.25) is 0 Å². The maximum Gasteiger partial charge on any atom is 0.157 e. The predicted octanol–water partition coefficient (Wildman–Crippen LogP) is 4.67. The van der Waals surface area contributed by atoms with Crippen LogP contribution in [-0.2, 0) is 0 Å². The van der Waals surface area contributed by atoms with Crippen molar-refractivity contribution in [2.24, 2.45) is 0 Å². The fraction of sp³-hybridized carbons (Fsp3) is 0.440. The van der Waals surface area contributed by atoms with Crippen LogP contribution in [0.25, 0.3) is 10.8 Å². The van der Waals surface area contributed by atoms with Gasteiger partial charge in [-0.15, -0.1) is 5.10 Å². The molecule has 3 aromatic rings. The van der Waals surface area contributed by atoms with Gasteiger partial charge in [-0.05, 0) is 69.4 Å². The van der Waals surface area contributed by atoms with Crippen LogP contribution in [0, 0.1) is 20.8 Å². The molecule has 5 heteroatoms. The Morgan fingerprint density at radius 2 is 1.90 bits per heavy atom. The number of nitrogens with zero attached hydrogens (tertiary/aromatic N) is 3. The number of aryl methyl sites for hydroxylation is 2. The van der Waals surface area contributed by atoms with E-state index in [0.29, 0.717) is 5.54 Å². The number of hydrogen-bond acceptors (Lipinski definition) is 5. The lowest BCUT2D eigenvalue weighted by atomic mass is 9.98. The summed E-state index contributed by atoms with van der Waals surface area (Å²) in [4.78, 5) is 2.52. The van der Waals surface area contributed by atoms with E-state index in [9.17, 15) is 0 Å². The third-order valence-corrected chi connectivity index (χ3v) is 7.01. The minimum Gasteiger partial charge on any atom is -0.368 e. The van der Waals surface area contributed by atoms with Gasteiger partial charge in [0.25, 0.3) is 0 Å². The van der Waals surface area contributed by atoms with Gasteiger partial charge < -0.3 is 15.5 Å². The molecular formula is C25H31N5. The van der Waals surface area contributed by atoms with Crippen LogP contribution < -0.4 is 15.5 Å². The van der Waals surface area contributed by atoms with Crippen LogP contribution >= 0.6 is 0 Å². The highest BCUT2D eigenvalue weighted by Gasteiger charge is 2.45. The van der Waals surface area contributed by atoms with Gasteiger partial charge in [-0.25, -0.2) is 0 Å². The highest BCUT2D eigenvalue weighted by atomic mass is 15.2. The molecule has 1 saturated carbocycles. The third kappa shape index (κ3) is 3.41. The van der Waals surface area contributed by atoms with E-state index in [1.807, 2.05) is 6.92 Å². The molecule has 1 aliphatic heterocycles. The third-order valence-electron chi connectivity index (χ3n) is 7.01. The summed E-state index contributed by atoms with van der Waals surface area (Å²) in [7, 11) is 0. The molecule has 0 radical (unpaired) electrons. The summed E-state index contributed by atoms with van der Waals surface area (Å²) >= 11 is 0. The first-order valence-corrected chi connectivity index (χ1v) is 11.1. The molecule has 2 heterocycles. The van der Waals surface area contributed by atoms with Crippen molar-refractivity contribution in [3.05, 3.63) is 58.8 Å². The van der Waals surface area contributed by atoms with E-state index < -0.39 is 0 Å². The highest BCUT2D eigenvalue weighted by Crippen LogP contribution is 2.39. The molecule has 1 aromatic heterocycles. The van der Waals surface area contributed by atoms with Gasteiger partial charge in [-0.1, -0.05) is 24.3 Å². The van der Waals surface area contributed by atoms with Crippen molar-refractivity contribution < 1.29 is 0 Å². The number of aromatic nitrogens is 2. The Labute approximate surface area is 178 Å². The molecule has 5 nitrogen and oxygen atoms in total. The molecule has 1 atom stereocenters. The summed E-state index contributed by atoms with van der Waals surface area (Å²) < 4.78 is 0. The molecule has 1 spiro atoms. The number of rotatable bonds is 4. The molecule has 156 valence electrons. The molecule has 0 bridgehead atoms. The average Bonchev–Trinajstić information content (AvgIpc) is 3.50. The average molecular weight is 402 g/mol. The van der Waals surface area contributed by atoms with E-state index >= 15 is 0 Å². The molecule has 2 N–H and O–H groups in total. The van der Waals surface area contributed by atoms with Crippen LogP contribution in [0.15, 0.2) is 36.4 Å². The van der Waals surface area contributed by atoms with Crippen molar-refractivity contribution in [3.63, 3.8) is 0 Å². The first-order chi connectivity index (χ1) is 14.5. The molecular weight excluding hydrogens is 370 g/mol. The van der Waals surface area contributed by atoms with Gasteiger partial charge >= 0.3 is 0 Å². The van der Waals surface area contributed by atoms with Crippen molar-refractivity contribution in [1.29, 1.82) is 0 Å². The van der Waals surface area contributed by atoms with Crippen LogP contribution in [0.3, 0.4) is 0 Å². The summed E-state index contributed by atoms with van der Waals surface area (Å²) in [6, 6.07) is 13.4. The molecule has 2 aliphatic rings. The Hall–Kier alpha value is -2.66. The van der Waals surface area contributed by atoms with Gasteiger partial charge in [-0.3, -0.25) is 0 Å². The van der Waals surface area contributed by atoms with Crippen LogP contribution in [0.1, 0.15) is 48.2 Å². The van der Waals surface area contributed by atoms with Crippen LogP contribution in [0.2, 0.25) is 0 Å². The van der Waals surface area contributed by atoms with Gasteiger partial charge in [0.15, 0.2) is 5.82 Å². The molecule has 1 saturated heterocycles. The summed E-state index contributed by atoms with van der Waals surface area (Å²) in [5.41, 5.74) is 6.57. The second-order valence-electron chi connectivity index (χ2n) is 9.15. The lowest BCUT2D eigenvalue weighted by molar-refractivity contribution is 0.442. The van der Waals surface area contributed by atoms with Gasteiger partial charge in [0.05, 0.1) is 11.7 Å². The van der Waals surface area contributed by atoms with Gasteiger partial charge in [0.1, 0.15) is 0 Å². The Bertz CT molecular complexity index is 1100. The van der Waals surface area contributed by atoms with Crippen LogP contribution in [0.5, 0.6) is 0 Å². The lowest BCUT2D eigenvalue weighted by Gasteiger charge is -2.36. The molecule has 0 amide bonds. The van der Waals surface area contributed by atoms with Crippen molar-refractivity contribution in [1.82, 2.24) is 15.5 Å². The van der Waals surface area contributed by atoms with Crippen LogP contribution in [0.4, 0.5) is 11.5 Å². The number of anilines is 2. The fourth-order valence-electron chi connectivity index (χ4n) is 4.77. The molecule has 30 heavy (non-hydrogen) atoms. The highest BCUT2D eigenvalue weighted by molar-refractivity contribution is 5.95. The second kappa shape index (κ2) is 7.24. The largest absolute Gasteiger partial charge is 0.368 e. The zero-order valence-electron chi connectivity index (χ0n) is 18.4. The number of piperazine rings is 1. The van der Waals surface area contributed by atoms with E-state index in [4.69, 9.17) is 0 Å². The first kappa shape index (κ1) is 19.3. The minimum absolute atomic E-state index is 0.155. The normalized spacial score (nSPS) is 18.6. The summed E-state index contributed by atoms with van der Waals surface area (Å²) in [6.45, 7) is 11.8. The molecule has 2 fully saturated rings. The quantitative estimate of drug-likeness (QED) is 0.665. The smallest absolute Gasteiger partial charge is 0.157 e. The van der Waals surface area contributed by atoms with E-state index in [2.05, 4.69) is 82.9 Å². The molecule has 2 aromatic carbocycles. The van der Waals surface area contributed by atoms with Crippen LogP contribution in [-0.4, -0.2) is 35.4 Å². The minimum atomic E-state index is 0.155. The SMILES string of the molecule is Cc1cccc([C@@H](C)Nc2nnc(C)c3ccc(N4CCNC5(CC5)C4)cc23)c1C. The molecule has 5 rings (SSSR count). The standard InChI is InChI=1S/C25H31N5/c1-16-6-5-7-21(17(16)2)18(3)27-24-23-14-20(8-9-22(23)19(4)28-29-24)30-13-12-26-25(15-30)10-11-25/h5-9,14,18,26H,10-13,15H2,1-4H3,(H,27,29)/t18-/m1/s1. The lowest BCUT2D eigenvalue weighted by Crippen LogP contribution is -2.52. The van der Waals surface area contributed by atoms with E-state index in [1.165, 1.54) is 40.6 Å². The molecule has 1 aliphatic carbocycles. The second-order valence-corrected chi connectivity index (χ2v) is 9.15. The summed E-state index contributed by atoms with van der Waals surface area (Å²) in [6.07, 6.45) is 2.59. The fourth-order valence-corrected chi connectivity index (χ4v) is 4.77. The number of hydrogen-bond donors (Lipinski definition) is 2. The van der Waals surface area contributed by atoms with E-state index in [-0.39, 0.29) is 6.04 Å². The topological polar surface area (TPSA) is 53.1 Å². The predicted molar refractivity (Wildman–Crippen MR) is 124 cm³/mol. The van der Waals surface area contributed by atoms with Crippen molar-refractivity contribution in [3.8, 4) is 0 Å². The van der Waals surface area contributed by atoms with E-state index in [1.54, 1.807) is 0 Å². The summed E-state index contributed by atoms with van der Waals surface area (Å²) in [5, 5.41) is 18.7. The van der Waals surface area contributed by atoms with Gasteiger partial charge in [0, 0.05) is 41.6 Å². The Balaban J connectivity index is 1.50. The molecule has 0 unspecified atom stereocenters. The number of fused-ring (bicyclic) bond motifs is 1. The van der Waals surface area contributed by atoms with Crippen molar-refractivity contribution in [2.75, 3.05) is 29.9 Å². The van der Waals surface area contributed by atoms with Crippen molar-refractivity contribution in [2.45, 2.75) is 52.1 Å². The van der Waals surface area contributed by atoms with Crippen molar-refractivity contribution >= 4 is 22.3 Å². The van der Waals surface area contributed by atoms with Gasteiger partial charge in [-0.2, -0.15) is 5.10 Å². The number of nitrogens with one attached hydrogen (secondary N) is 2. The zero-order chi connectivity index (χ0) is 20.9. The summed E-state index contributed by atoms with van der Waals surface area (Å²) in [5.74, 6) is 0.863. The van der Waals surface area contributed by atoms with E-state index in [0.717, 1.165) is 36.5 Å². The maximum absolute atomic E-state index is 4.56. The Morgan fingerprint density at radius 1 is 1.07 bits per heavy atom. The Morgan fingerprint density at radius 3 is 2.70 bits per heavy atom. The monoisotopic (exact) mass is 401 g/mol. The number of benzene rings is 2. The zero-order valence-corrected chi connectivity index (χ0v) is 18.4. The maximum atomic E-state index is 4.56. The Kier molecular flexibility index (Phi) is 4.66.